The molecular weight excluding hydrogens is 400 g/mol. The summed E-state index contributed by atoms with van der Waals surface area (Å²) >= 11 is 0.974. The van der Waals surface area contributed by atoms with E-state index in [9.17, 15) is 9.59 Å². The molecule has 0 N–H and O–H groups in total. The number of amides is 2. The van der Waals surface area contributed by atoms with E-state index in [0.717, 1.165) is 60.6 Å². The van der Waals surface area contributed by atoms with Crippen molar-refractivity contribution < 1.29 is 19.1 Å². The molecule has 0 radical (unpaired) electrons. The number of rotatable bonds is 6. The second-order valence-electron chi connectivity index (χ2n) is 7.19. The van der Waals surface area contributed by atoms with Crippen LogP contribution in [-0.2, 0) is 9.53 Å². The quantitative estimate of drug-likeness (QED) is 0.655. The molecule has 0 aromatic heterocycles. The first-order chi connectivity index (χ1) is 14.6. The van der Waals surface area contributed by atoms with E-state index in [4.69, 9.17) is 9.47 Å². The first-order valence-corrected chi connectivity index (χ1v) is 10.8. The van der Waals surface area contributed by atoms with Gasteiger partial charge in [-0.05, 0) is 60.2 Å². The van der Waals surface area contributed by atoms with Crippen molar-refractivity contribution in [3.63, 3.8) is 0 Å². The van der Waals surface area contributed by atoms with Gasteiger partial charge >= 0.3 is 0 Å². The van der Waals surface area contributed by atoms with Gasteiger partial charge in [0.05, 0.1) is 24.7 Å². The smallest absolute Gasteiger partial charge is 0.293 e. The summed E-state index contributed by atoms with van der Waals surface area (Å²) in [6, 6.07) is 15.7. The molecule has 7 heteroatoms. The van der Waals surface area contributed by atoms with Crippen LogP contribution in [0.4, 0.5) is 10.5 Å². The highest BCUT2D eigenvalue weighted by Crippen LogP contribution is 2.32. The topological polar surface area (TPSA) is 59.1 Å². The number of anilines is 1. The summed E-state index contributed by atoms with van der Waals surface area (Å²) in [5, 5.41) is -0.260. The molecule has 2 heterocycles. The van der Waals surface area contributed by atoms with Gasteiger partial charge in [0.1, 0.15) is 12.4 Å². The normalized spacial score (nSPS) is 18.4. The maximum absolute atomic E-state index is 12.7. The van der Waals surface area contributed by atoms with Crippen LogP contribution in [0.1, 0.15) is 11.1 Å². The summed E-state index contributed by atoms with van der Waals surface area (Å²) in [5.41, 5.74) is 3.13. The zero-order valence-corrected chi connectivity index (χ0v) is 17.7. The molecule has 2 aromatic rings. The van der Waals surface area contributed by atoms with E-state index in [1.54, 1.807) is 6.08 Å². The van der Waals surface area contributed by atoms with Crippen molar-refractivity contribution in [1.29, 1.82) is 0 Å². The summed E-state index contributed by atoms with van der Waals surface area (Å²) in [5.74, 6) is 0.466. The van der Waals surface area contributed by atoms with E-state index in [-0.39, 0.29) is 24.3 Å². The number of morpholine rings is 1. The number of carbonyl (C=O) groups excluding carboxylic acids is 2. The predicted octanol–water partition coefficient (Wildman–Crippen LogP) is 3.95. The Labute approximate surface area is 180 Å². The Bertz CT molecular complexity index is 952. The molecular formula is C23H24N2O4S. The Morgan fingerprint density at radius 3 is 2.60 bits per heavy atom. The first kappa shape index (κ1) is 20.5. The van der Waals surface area contributed by atoms with Crippen LogP contribution in [0.25, 0.3) is 6.08 Å². The molecule has 0 saturated carbocycles. The number of hydrogen-bond acceptors (Lipinski definition) is 6. The molecule has 4 rings (SSSR count). The average molecular weight is 425 g/mol. The van der Waals surface area contributed by atoms with E-state index in [2.05, 4.69) is 4.90 Å². The Hall–Kier alpha value is -2.77. The molecule has 0 atom stereocenters. The molecule has 2 aromatic carbocycles. The minimum Gasteiger partial charge on any atom is -0.492 e. The molecule has 0 spiro atoms. The third-order valence-corrected chi connectivity index (χ3v) is 5.92. The largest absolute Gasteiger partial charge is 0.492 e. The van der Waals surface area contributed by atoms with Gasteiger partial charge in [0.15, 0.2) is 0 Å². The van der Waals surface area contributed by atoms with Crippen molar-refractivity contribution >= 4 is 34.7 Å². The van der Waals surface area contributed by atoms with Crippen molar-refractivity contribution in [2.45, 2.75) is 6.92 Å². The highest BCUT2D eigenvalue weighted by molar-refractivity contribution is 8.18. The minimum absolute atomic E-state index is 0.228. The van der Waals surface area contributed by atoms with Gasteiger partial charge in [-0.15, -0.1) is 0 Å². The zero-order chi connectivity index (χ0) is 20.9. The van der Waals surface area contributed by atoms with Gasteiger partial charge in [0, 0.05) is 18.8 Å². The third kappa shape index (κ3) is 4.86. The number of benzene rings is 2. The molecule has 2 amide bonds. The predicted molar refractivity (Wildman–Crippen MR) is 119 cm³/mol. The molecule has 156 valence electrons. The molecule has 2 aliphatic rings. The van der Waals surface area contributed by atoms with Gasteiger partial charge in [-0.25, -0.2) is 0 Å². The highest BCUT2D eigenvalue weighted by Gasteiger charge is 2.34. The van der Waals surface area contributed by atoms with Gasteiger partial charge < -0.3 is 14.4 Å². The second kappa shape index (κ2) is 9.36. The molecule has 2 fully saturated rings. The number of ether oxygens (including phenoxy) is 2. The molecule has 2 aliphatic heterocycles. The summed E-state index contributed by atoms with van der Waals surface area (Å²) in [4.78, 5) is 28.9. The van der Waals surface area contributed by atoms with Crippen LogP contribution in [0.5, 0.6) is 5.75 Å². The zero-order valence-electron chi connectivity index (χ0n) is 16.9. The van der Waals surface area contributed by atoms with E-state index in [1.165, 1.54) is 4.90 Å². The highest BCUT2D eigenvalue weighted by atomic mass is 32.2. The Kier molecular flexibility index (Phi) is 6.40. The molecule has 6 nitrogen and oxygen atoms in total. The fourth-order valence-corrected chi connectivity index (χ4v) is 4.27. The maximum atomic E-state index is 12.7. The average Bonchev–Trinajstić information content (AvgIpc) is 3.02. The molecule has 0 aliphatic carbocycles. The fraction of sp³-hybridized carbons (Fsp3) is 0.304. The molecule has 0 unspecified atom stereocenters. The Balaban J connectivity index is 1.36. The summed E-state index contributed by atoms with van der Waals surface area (Å²) in [7, 11) is 0. The maximum Gasteiger partial charge on any atom is 0.293 e. The Morgan fingerprint density at radius 2 is 1.87 bits per heavy atom. The number of imide groups is 1. The summed E-state index contributed by atoms with van der Waals surface area (Å²) < 4.78 is 11.1. The lowest BCUT2D eigenvalue weighted by Crippen LogP contribution is -2.36. The van der Waals surface area contributed by atoms with Crippen LogP contribution in [0.2, 0.25) is 0 Å². The fourth-order valence-electron chi connectivity index (χ4n) is 3.41. The van der Waals surface area contributed by atoms with Crippen LogP contribution in [0.3, 0.4) is 0 Å². The van der Waals surface area contributed by atoms with Crippen molar-refractivity contribution in [3.05, 3.63) is 64.6 Å². The van der Waals surface area contributed by atoms with Crippen molar-refractivity contribution in [3.8, 4) is 5.75 Å². The van der Waals surface area contributed by atoms with Crippen LogP contribution in [-0.4, -0.2) is 55.5 Å². The number of aryl methyl sites for hydroxylation is 1. The van der Waals surface area contributed by atoms with Gasteiger partial charge in [-0.3, -0.25) is 14.5 Å². The summed E-state index contributed by atoms with van der Waals surface area (Å²) in [6.45, 7) is 5.72. The van der Waals surface area contributed by atoms with Crippen LogP contribution in [0.15, 0.2) is 53.4 Å². The Morgan fingerprint density at radius 1 is 1.10 bits per heavy atom. The van der Waals surface area contributed by atoms with Gasteiger partial charge in [-0.2, -0.15) is 0 Å². The van der Waals surface area contributed by atoms with E-state index < -0.39 is 0 Å². The number of carbonyl (C=O) groups is 2. The van der Waals surface area contributed by atoms with Crippen LogP contribution >= 0.6 is 11.8 Å². The third-order valence-electron chi connectivity index (χ3n) is 5.01. The number of hydrogen-bond donors (Lipinski definition) is 0. The van der Waals surface area contributed by atoms with Crippen molar-refractivity contribution in [2.24, 2.45) is 0 Å². The van der Waals surface area contributed by atoms with Crippen LogP contribution < -0.4 is 9.64 Å². The molecule has 0 bridgehead atoms. The molecule has 2 saturated heterocycles. The SMILES string of the molecule is Cc1cccc(OCCN2C(=O)S/C(=C\c3ccc(N4CCOCC4)cc3)C2=O)c1. The first-order valence-electron chi connectivity index (χ1n) is 9.98. The summed E-state index contributed by atoms with van der Waals surface area (Å²) in [6.07, 6.45) is 1.77. The second-order valence-corrected chi connectivity index (χ2v) is 8.18. The van der Waals surface area contributed by atoms with Crippen LogP contribution in [0, 0.1) is 6.92 Å². The van der Waals surface area contributed by atoms with Crippen molar-refractivity contribution in [1.82, 2.24) is 4.90 Å². The lowest BCUT2D eigenvalue weighted by Gasteiger charge is -2.28. The van der Waals surface area contributed by atoms with Crippen molar-refractivity contribution in [2.75, 3.05) is 44.4 Å². The van der Waals surface area contributed by atoms with E-state index >= 15 is 0 Å². The standard InChI is InChI=1S/C23H24N2O4S/c1-17-3-2-4-20(15-17)29-14-11-25-22(26)21(30-23(25)27)16-18-5-7-19(8-6-18)24-9-12-28-13-10-24/h2-8,15-16H,9-14H2,1H3/b21-16-. The van der Waals surface area contributed by atoms with Gasteiger partial charge in [0.2, 0.25) is 0 Å². The van der Waals surface area contributed by atoms with E-state index in [0.29, 0.717) is 4.91 Å². The van der Waals surface area contributed by atoms with Gasteiger partial charge in [0.25, 0.3) is 11.1 Å². The van der Waals surface area contributed by atoms with E-state index in [1.807, 2.05) is 55.5 Å². The lowest BCUT2D eigenvalue weighted by molar-refractivity contribution is -0.123. The number of nitrogens with zero attached hydrogens (tertiary/aromatic N) is 2. The minimum atomic E-state index is -0.268. The number of thioether (sulfide) groups is 1. The van der Waals surface area contributed by atoms with Gasteiger partial charge in [-0.1, -0.05) is 24.3 Å². The lowest BCUT2D eigenvalue weighted by atomic mass is 10.1. The molecule has 30 heavy (non-hydrogen) atoms. The monoisotopic (exact) mass is 424 g/mol.